The van der Waals surface area contributed by atoms with Crippen molar-refractivity contribution >= 4 is 61.9 Å². The number of thiocarbonyl (C=S) groups is 1. The second kappa shape index (κ2) is 7.70. The summed E-state index contributed by atoms with van der Waals surface area (Å²) in [6.45, 7) is 0. The van der Waals surface area contributed by atoms with E-state index in [0.717, 1.165) is 10.1 Å². The summed E-state index contributed by atoms with van der Waals surface area (Å²) < 4.78 is 6.03. The van der Waals surface area contributed by atoms with Gasteiger partial charge in [0.1, 0.15) is 16.7 Å². The molecule has 0 aliphatic carbocycles. The van der Waals surface area contributed by atoms with Gasteiger partial charge in [0, 0.05) is 10.1 Å². The number of nitriles is 1. The van der Waals surface area contributed by atoms with Crippen molar-refractivity contribution in [2.45, 2.75) is 0 Å². The molecule has 1 heterocycles. The van der Waals surface area contributed by atoms with Gasteiger partial charge >= 0.3 is 0 Å². The summed E-state index contributed by atoms with van der Waals surface area (Å²) >= 11 is 12.8. The Bertz CT molecular complexity index is 1060. The van der Waals surface area contributed by atoms with E-state index >= 15 is 0 Å². The first-order chi connectivity index (χ1) is 12.5. The smallest absolute Gasteiger partial charge is 0.269 e. The zero-order valence-corrected chi connectivity index (χ0v) is 15.9. The first-order valence-corrected chi connectivity index (χ1v) is 9.01. The highest BCUT2D eigenvalue weighted by Gasteiger charge is 2.18. The number of thiophene rings is 1. The Balaban J connectivity index is 1.79. The van der Waals surface area contributed by atoms with Crippen molar-refractivity contribution in [3.8, 4) is 11.8 Å². The summed E-state index contributed by atoms with van der Waals surface area (Å²) in [5.74, 6) is 0.273. The Hall–Kier alpha value is -2.66. The van der Waals surface area contributed by atoms with Crippen LogP contribution in [0.25, 0.3) is 10.1 Å². The third kappa shape index (κ3) is 3.63. The quantitative estimate of drug-likeness (QED) is 0.629. The van der Waals surface area contributed by atoms with E-state index in [1.54, 1.807) is 37.4 Å². The molecule has 3 rings (SSSR count). The van der Waals surface area contributed by atoms with Crippen LogP contribution in [0.3, 0.4) is 0 Å². The molecular formula is C18H12ClN3O2S2. The molecule has 26 heavy (non-hydrogen) atoms. The van der Waals surface area contributed by atoms with Gasteiger partial charge < -0.3 is 10.1 Å². The SMILES string of the molecule is COc1ccc2c(Cl)c(C(=O)NC(=S)Nc3ccccc3C#N)sc2c1. The molecule has 0 bridgehead atoms. The average molecular weight is 402 g/mol. The molecular weight excluding hydrogens is 390 g/mol. The van der Waals surface area contributed by atoms with Crippen LogP contribution in [0.1, 0.15) is 15.2 Å². The Kier molecular flexibility index (Phi) is 5.38. The Morgan fingerprint density at radius 1 is 1.31 bits per heavy atom. The summed E-state index contributed by atoms with van der Waals surface area (Å²) in [5, 5.41) is 15.8. The van der Waals surface area contributed by atoms with Crippen molar-refractivity contribution in [2.24, 2.45) is 0 Å². The van der Waals surface area contributed by atoms with Crippen LogP contribution in [0.15, 0.2) is 42.5 Å². The predicted octanol–water partition coefficient (Wildman–Crippen LogP) is 4.56. The molecule has 130 valence electrons. The van der Waals surface area contributed by atoms with Gasteiger partial charge in [-0.3, -0.25) is 10.1 Å². The third-order valence-corrected chi connectivity index (χ3v) is 5.43. The lowest BCUT2D eigenvalue weighted by atomic mass is 10.2. The van der Waals surface area contributed by atoms with Crippen LogP contribution in [0.5, 0.6) is 5.75 Å². The van der Waals surface area contributed by atoms with E-state index in [1.165, 1.54) is 11.3 Å². The number of nitrogens with zero attached hydrogens (tertiary/aromatic N) is 1. The fourth-order valence-corrected chi connectivity index (χ4v) is 3.96. The third-order valence-electron chi connectivity index (χ3n) is 3.57. The number of carbonyl (C=O) groups is 1. The summed E-state index contributed by atoms with van der Waals surface area (Å²) in [4.78, 5) is 12.9. The van der Waals surface area contributed by atoms with Gasteiger partial charge in [-0.1, -0.05) is 23.7 Å². The van der Waals surface area contributed by atoms with Crippen molar-refractivity contribution < 1.29 is 9.53 Å². The van der Waals surface area contributed by atoms with E-state index in [2.05, 4.69) is 16.7 Å². The minimum absolute atomic E-state index is 0.0869. The van der Waals surface area contributed by atoms with Gasteiger partial charge in [0.05, 0.1) is 23.4 Å². The number of carbonyl (C=O) groups excluding carboxylic acids is 1. The minimum Gasteiger partial charge on any atom is -0.497 e. The van der Waals surface area contributed by atoms with Crippen LogP contribution in [0, 0.1) is 11.3 Å². The van der Waals surface area contributed by atoms with Gasteiger partial charge in [-0.05, 0) is 42.5 Å². The van der Waals surface area contributed by atoms with Crippen molar-refractivity contribution in [1.29, 1.82) is 5.26 Å². The molecule has 1 aromatic heterocycles. The molecule has 5 nitrogen and oxygen atoms in total. The van der Waals surface area contributed by atoms with Crippen molar-refractivity contribution in [3.05, 3.63) is 57.9 Å². The molecule has 0 unspecified atom stereocenters. The lowest BCUT2D eigenvalue weighted by Crippen LogP contribution is -2.34. The molecule has 0 saturated heterocycles. The number of hydrogen-bond acceptors (Lipinski definition) is 5. The number of methoxy groups -OCH3 is 1. The van der Waals surface area contributed by atoms with Gasteiger partial charge in [-0.25, -0.2) is 0 Å². The number of para-hydroxylation sites is 1. The van der Waals surface area contributed by atoms with Crippen LogP contribution in [0.4, 0.5) is 5.69 Å². The molecule has 0 radical (unpaired) electrons. The van der Waals surface area contributed by atoms with E-state index < -0.39 is 5.91 Å². The minimum atomic E-state index is -0.415. The summed E-state index contributed by atoms with van der Waals surface area (Å²) in [6.07, 6.45) is 0. The maximum atomic E-state index is 12.5. The number of ether oxygens (including phenoxy) is 1. The normalized spacial score (nSPS) is 10.2. The molecule has 0 fully saturated rings. The molecule has 2 aromatic carbocycles. The number of anilines is 1. The highest BCUT2D eigenvalue weighted by Crippen LogP contribution is 2.37. The number of halogens is 1. The van der Waals surface area contributed by atoms with Crippen LogP contribution < -0.4 is 15.4 Å². The van der Waals surface area contributed by atoms with Gasteiger partial charge in [-0.2, -0.15) is 5.26 Å². The number of nitrogens with one attached hydrogen (secondary N) is 2. The van der Waals surface area contributed by atoms with E-state index in [4.69, 9.17) is 33.8 Å². The Morgan fingerprint density at radius 3 is 2.81 bits per heavy atom. The number of hydrogen-bond donors (Lipinski definition) is 2. The maximum Gasteiger partial charge on any atom is 0.269 e. The fraction of sp³-hybridized carbons (Fsp3) is 0.0556. The summed E-state index contributed by atoms with van der Waals surface area (Å²) in [6, 6.07) is 14.3. The molecule has 0 atom stereocenters. The maximum absolute atomic E-state index is 12.5. The average Bonchev–Trinajstić information content (AvgIpc) is 2.98. The van der Waals surface area contributed by atoms with E-state index in [1.807, 2.05) is 12.1 Å². The topological polar surface area (TPSA) is 74.2 Å². The predicted molar refractivity (Wildman–Crippen MR) is 108 cm³/mol. The van der Waals surface area contributed by atoms with E-state index in [-0.39, 0.29) is 5.11 Å². The molecule has 8 heteroatoms. The molecule has 0 aliphatic heterocycles. The molecule has 0 saturated carbocycles. The number of rotatable bonds is 3. The first kappa shape index (κ1) is 18.1. The standard InChI is InChI=1S/C18H12ClN3O2S2/c1-24-11-6-7-12-14(8-11)26-16(15(12)19)17(23)22-18(25)21-13-5-3-2-4-10(13)9-20/h2-8H,1H3,(H2,21,22,23,25). The molecule has 3 aromatic rings. The largest absolute Gasteiger partial charge is 0.497 e. The van der Waals surface area contributed by atoms with Gasteiger partial charge in [0.15, 0.2) is 5.11 Å². The molecule has 1 amide bonds. The highest BCUT2D eigenvalue weighted by atomic mass is 35.5. The zero-order valence-electron chi connectivity index (χ0n) is 13.5. The Morgan fingerprint density at radius 2 is 2.08 bits per heavy atom. The van der Waals surface area contributed by atoms with E-state index in [0.29, 0.717) is 26.9 Å². The fourth-order valence-electron chi connectivity index (χ4n) is 2.32. The van der Waals surface area contributed by atoms with Crippen LogP contribution in [-0.2, 0) is 0 Å². The van der Waals surface area contributed by atoms with Gasteiger partial charge in [0.25, 0.3) is 5.91 Å². The van der Waals surface area contributed by atoms with Gasteiger partial charge in [0.2, 0.25) is 0 Å². The first-order valence-electron chi connectivity index (χ1n) is 7.41. The molecule has 2 N–H and O–H groups in total. The highest BCUT2D eigenvalue weighted by molar-refractivity contribution is 7.80. The Labute approximate surface area is 164 Å². The van der Waals surface area contributed by atoms with Crippen LogP contribution in [0.2, 0.25) is 5.02 Å². The second-order valence-corrected chi connectivity index (χ2v) is 7.01. The summed E-state index contributed by atoms with van der Waals surface area (Å²) in [5.41, 5.74) is 0.948. The van der Waals surface area contributed by atoms with Gasteiger partial charge in [-0.15, -0.1) is 11.3 Å². The van der Waals surface area contributed by atoms with E-state index in [9.17, 15) is 4.79 Å². The number of fused-ring (bicyclic) bond motifs is 1. The lowest BCUT2D eigenvalue weighted by Gasteiger charge is -2.10. The monoisotopic (exact) mass is 401 g/mol. The van der Waals surface area contributed by atoms with Crippen LogP contribution >= 0.6 is 35.2 Å². The molecule has 0 aliphatic rings. The van der Waals surface area contributed by atoms with Crippen molar-refractivity contribution in [3.63, 3.8) is 0 Å². The zero-order chi connectivity index (χ0) is 18.7. The number of benzene rings is 2. The molecule has 0 spiro atoms. The van der Waals surface area contributed by atoms with Crippen LogP contribution in [-0.4, -0.2) is 18.1 Å². The number of amides is 1. The lowest BCUT2D eigenvalue weighted by molar-refractivity contribution is 0.0982. The van der Waals surface area contributed by atoms with Crippen molar-refractivity contribution in [1.82, 2.24) is 5.32 Å². The van der Waals surface area contributed by atoms with Crippen molar-refractivity contribution in [2.75, 3.05) is 12.4 Å². The summed E-state index contributed by atoms with van der Waals surface area (Å²) in [7, 11) is 1.58. The second-order valence-electron chi connectivity index (χ2n) is 5.17.